The Hall–Kier alpha value is -0.880. The van der Waals surface area contributed by atoms with Gasteiger partial charge in [0.2, 0.25) is 0 Å². The summed E-state index contributed by atoms with van der Waals surface area (Å²) >= 11 is 2.01. The molecule has 6 aliphatic rings. The van der Waals surface area contributed by atoms with Crippen molar-refractivity contribution in [2.24, 2.45) is 11.8 Å². The van der Waals surface area contributed by atoms with Gasteiger partial charge in [-0.05, 0) is 53.0 Å². The second-order valence-electron chi connectivity index (χ2n) is 11.6. The molecule has 0 radical (unpaired) electrons. The highest BCUT2D eigenvalue weighted by Gasteiger charge is 2.73. The van der Waals surface area contributed by atoms with Gasteiger partial charge in [0.15, 0.2) is 0 Å². The summed E-state index contributed by atoms with van der Waals surface area (Å²) in [7, 11) is 1.70. The molecule has 5 saturated heterocycles. The van der Waals surface area contributed by atoms with E-state index in [9.17, 15) is 4.79 Å². The normalized spacial score (nSPS) is 42.7. The summed E-state index contributed by atoms with van der Waals surface area (Å²) in [6.07, 6.45) is 4.64. The van der Waals surface area contributed by atoms with Crippen molar-refractivity contribution in [2.45, 2.75) is 81.9 Å². The summed E-state index contributed by atoms with van der Waals surface area (Å²) in [6.45, 7) is 10.9. The molecule has 1 saturated carbocycles. The van der Waals surface area contributed by atoms with Crippen LogP contribution in [-0.4, -0.2) is 103 Å². The number of ether oxygens (including phenoxy) is 4. The highest BCUT2D eigenvalue weighted by molar-refractivity contribution is 7.99. The van der Waals surface area contributed by atoms with Gasteiger partial charge in [0.1, 0.15) is 23.4 Å². The number of allylic oxidation sites excluding steroid dienone is 1. The Morgan fingerprint density at radius 2 is 1.97 bits per heavy atom. The summed E-state index contributed by atoms with van der Waals surface area (Å²) in [5, 5.41) is 0. The van der Waals surface area contributed by atoms with Crippen molar-refractivity contribution in [2.75, 3.05) is 51.4 Å². The van der Waals surface area contributed by atoms with Crippen LogP contribution in [0.3, 0.4) is 0 Å². The van der Waals surface area contributed by atoms with Crippen molar-refractivity contribution in [1.82, 2.24) is 9.80 Å². The Morgan fingerprint density at radius 3 is 2.61 bits per heavy atom. The molecule has 9 nitrogen and oxygen atoms in total. The average Bonchev–Trinajstić information content (AvgIpc) is 3.75. The number of hydrogen-bond acceptors (Lipinski definition) is 9. The minimum atomic E-state index is -0.930. The minimum absolute atomic E-state index is 0.00587. The number of methoxy groups -OCH3 is 1. The van der Waals surface area contributed by atoms with Gasteiger partial charge in [0.25, 0.3) is 0 Å². The van der Waals surface area contributed by atoms with E-state index >= 15 is 0 Å². The highest BCUT2D eigenvalue weighted by atomic mass is 32.2. The van der Waals surface area contributed by atoms with Gasteiger partial charge in [-0.1, -0.05) is 11.6 Å². The van der Waals surface area contributed by atoms with E-state index in [1.54, 1.807) is 12.0 Å². The van der Waals surface area contributed by atoms with Crippen LogP contribution in [0, 0.1) is 11.8 Å². The number of carbonyl (C=O) groups is 1. The molecule has 1 aliphatic carbocycles. The molecule has 0 N–H and O–H groups in total. The molecule has 1 unspecified atom stereocenters. The van der Waals surface area contributed by atoms with E-state index < -0.39 is 5.91 Å². The van der Waals surface area contributed by atoms with Crippen LogP contribution in [-0.2, 0) is 28.7 Å². The number of rotatable bonds is 8. The Labute approximate surface area is 218 Å². The van der Waals surface area contributed by atoms with Crippen LogP contribution < -0.4 is 0 Å². The number of thioether (sulfide) groups is 1. The van der Waals surface area contributed by atoms with E-state index in [2.05, 4.69) is 31.7 Å². The van der Waals surface area contributed by atoms with E-state index in [0.717, 1.165) is 38.9 Å². The summed E-state index contributed by atoms with van der Waals surface area (Å²) in [4.78, 5) is 28.1. The second kappa shape index (κ2) is 9.39. The molecule has 0 aromatic carbocycles. The average molecular weight is 525 g/mol. The Bertz CT molecular complexity index is 884. The van der Waals surface area contributed by atoms with Gasteiger partial charge in [0, 0.05) is 38.2 Å². The largest absolute Gasteiger partial charge is 0.443 e. The van der Waals surface area contributed by atoms with Crippen molar-refractivity contribution >= 4 is 17.9 Å². The Kier molecular flexibility index (Phi) is 6.63. The van der Waals surface area contributed by atoms with Crippen molar-refractivity contribution in [3.63, 3.8) is 0 Å². The lowest BCUT2D eigenvalue weighted by Gasteiger charge is -2.45. The molecular weight excluding hydrogens is 484 g/mol. The number of likely N-dealkylation sites (tertiary alicyclic amines) is 1. The SMILES string of the molecule is CO[C@@H]1[C@H](OC(=O)N2CC(CCN3CCSCC3)C23OO3)CC[C@]2(CO2)[C@H]1[C@@]1(C)O[C@@H]1CC=C(C)C. The molecule has 10 heteroatoms. The van der Waals surface area contributed by atoms with Gasteiger partial charge in [-0.15, -0.1) is 0 Å². The van der Waals surface area contributed by atoms with Crippen LogP contribution >= 0.6 is 11.8 Å². The van der Waals surface area contributed by atoms with Crippen LogP contribution in [0.15, 0.2) is 11.6 Å². The van der Waals surface area contributed by atoms with E-state index in [1.165, 1.54) is 17.1 Å². The molecule has 6 fully saturated rings. The second-order valence-corrected chi connectivity index (χ2v) is 12.9. The molecule has 2 spiro atoms. The first-order chi connectivity index (χ1) is 17.3. The fourth-order valence-electron chi connectivity index (χ4n) is 6.74. The van der Waals surface area contributed by atoms with E-state index in [4.69, 9.17) is 28.7 Å². The van der Waals surface area contributed by atoms with E-state index in [1.807, 2.05) is 11.8 Å². The maximum atomic E-state index is 13.3. The number of carbonyl (C=O) groups excluding carboxylic acids is 1. The molecule has 6 rings (SSSR count). The predicted octanol–water partition coefficient (Wildman–Crippen LogP) is 3.19. The zero-order chi connectivity index (χ0) is 25.1. The molecular formula is C26H40N2O7S. The Morgan fingerprint density at radius 1 is 1.22 bits per heavy atom. The highest BCUT2D eigenvalue weighted by Crippen LogP contribution is 2.60. The van der Waals surface area contributed by atoms with Gasteiger partial charge in [-0.2, -0.15) is 21.5 Å². The topological polar surface area (TPSA) is 92.1 Å². The molecule has 0 bridgehead atoms. The van der Waals surface area contributed by atoms with Gasteiger partial charge < -0.3 is 23.8 Å². The summed E-state index contributed by atoms with van der Waals surface area (Å²) < 4.78 is 24.4. The van der Waals surface area contributed by atoms with Gasteiger partial charge in [-0.3, -0.25) is 4.90 Å². The fraction of sp³-hybridized carbons (Fsp3) is 0.885. The summed E-state index contributed by atoms with van der Waals surface area (Å²) in [5.74, 6) is 1.63. The first-order valence-corrected chi connectivity index (χ1v) is 14.6. The number of amides is 1. The first kappa shape index (κ1) is 25.4. The molecule has 5 heterocycles. The maximum absolute atomic E-state index is 13.3. The molecule has 1 amide bonds. The number of hydrogen-bond donors (Lipinski definition) is 0. The van der Waals surface area contributed by atoms with Crippen LogP contribution in [0.25, 0.3) is 0 Å². The molecule has 0 aromatic rings. The number of epoxide rings is 2. The standard InChI is InChI=1S/C26H40N2O7S/c1-17(2)5-6-20-24(3,33-20)22-21(30-4)19(7-9-25(22)16-31-25)32-23(29)28-15-18(26(28)34-35-26)8-10-27-11-13-36-14-12-27/h5,18-22H,6-16H2,1-4H3/t18?,19-,20-,21-,22-,24+,25+/m1/s1. The quantitative estimate of drug-likeness (QED) is 0.270. The predicted molar refractivity (Wildman–Crippen MR) is 133 cm³/mol. The zero-order valence-electron chi connectivity index (χ0n) is 21.9. The number of nitrogens with zero attached hydrogens (tertiary/aromatic N) is 2. The van der Waals surface area contributed by atoms with Gasteiger partial charge in [-0.25, -0.2) is 4.79 Å². The maximum Gasteiger partial charge on any atom is 0.414 e. The molecule has 36 heavy (non-hydrogen) atoms. The molecule has 7 atom stereocenters. The van der Waals surface area contributed by atoms with Crippen LogP contribution in [0.4, 0.5) is 4.79 Å². The van der Waals surface area contributed by atoms with Crippen LogP contribution in [0.5, 0.6) is 0 Å². The fourth-order valence-corrected chi connectivity index (χ4v) is 7.72. The molecule has 202 valence electrons. The lowest BCUT2D eigenvalue weighted by atomic mass is 9.68. The zero-order valence-corrected chi connectivity index (χ0v) is 22.7. The monoisotopic (exact) mass is 524 g/mol. The summed E-state index contributed by atoms with van der Waals surface area (Å²) in [5.41, 5.74) is 0.689. The molecule has 5 aliphatic heterocycles. The Balaban J connectivity index is 1.07. The lowest BCUT2D eigenvalue weighted by Crippen LogP contribution is -2.63. The van der Waals surface area contributed by atoms with Crippen molar-refractivity contribution in [3.8, 4) is 0 Å². The third-order valence-corrected chi connectivity index (χ3v) is 10.1. The minimum Gasteiger partial charge on any atom is -0.443 e. The first-order valence-electron chi connectivity index (χ1n) is 13.4. The van der Waals surface area contributed by atoms with Crippen molar-refractivity contribution in [1.29, 1.82) is 0 Å². The van der Waals surface area contributed by atoms with Crippen LogP contribution in [0.2, 0.25) is 0 Å². The third kappa shape index (κ3) is 4.40. The van der Waals surface area contributed by atoms with Crippen LogP contribution in [0.1, 0.15) is 46.5 Å². The van der Waals surface area contributed by atoms with E-state index in [0.29, 0.717) is 19.6 Å². The van der Waals surface area contributed by atoms with Gasteiger partial charge >= 0.3 is 12.0 Å². The van der Waals surface area contributed by atoms with E-state index in [-0.39, 0.29) is 47.4 Å². The smallest absolute Gasteiger partial charge is 0.414 e. The van der Waals surface area contributed by atoms with Crippen molar-refractivity contribution in [3.05, 3.63) is 11.6 Å². The summed E-state index contributed by atoms with van der Waals surface area (Å²) in [6, 6.07) is 0. The lowest BCUT2D eigenvalue weighted by molar-refractivity contribution is -0.140. The van der Waals surface area contributed by atoms with Gasteiger partial charge in [0.05, 0.1) is 24.5 Å². The van der Waals surface area contributed by atoms with Crippen molar-refractivity contribution < 1.29 is 33.5 Å². The molecule has 0 aromatic heterocycles. The third-order valence-electron chi connectivity index (χ3n) is 9.16.